The van der Waals surface area contributed by atoms with Gasteiger partial charge in [-0.05, 0) is 59.7 Å². The van der Waals surface area contributed by atoms with Gasteiger partial charge in [-0.2, -0.15) is 0 Å². The molecule has 164 valence electrons. The number of carboxylic acids is 1. The third kappa shape index (κ3) is 4.88. The van der Waals surface area contributed by atoms with Gasteiger partial charge in [0, 0.05) is 42.3 Å². The van der Waals surface area contributed by atoms with Crippen LogP contribution in [0.2, 0.25) is 0 Å². The van der Waals surface area contributed by atoms with Gasteiger partial charge in [-0.1, -0.05) is 18.2 Å². The molecule has 4 aromatic rings. The summed E-state index contributed by atoms with van der Waals surface area (Å²) >= 11 is 0. The van der Waals surface area contributed by atoms with Gasteiger partial charge in [0.05, 0.1) is 16.8 Å². The molecule has 0 aliphatic heterocycles. The van der Waals surface area contributed by atoms with Gasteiger partial charge in [-0.25, -0.2) is 9.78 Å². The molecule has 0 aliphatic carbocycles. The van der Waals surface area contributed by atoms with Crippen molar-refractivity contribution in [3.63, 3.8) is 0 Å². The fourth-order valence-electron chi connectivity index (χ4n) is 3.45. The standard InChI is InChI=1S/C26H22N4O3/c1-28-15-22(17-10-12-29-13-11-17)25(27)18-6-8-20(9-7-18)33-16-24-21(26(31)32)14-19-4-2-3-5-23(19)30-24/h2-15H,16,27H2,1H3,(H,31,32)/b25-22+,28-15?. The van der Waals surface area contributed by atoms with E-state index < -0.39 is 5.97 Å². The maximum atomic E-state index is 11.7. The minimum atomic E-state index is -1.04. The summed E-state index contributed by atoms with van der Waals surface area (Å²) in [6, 6.07) is 20.0. The minimum Gasteiger partial charge on any atom is -0.487 e. The van der Waals surface area contributed by atoms with Gasteiger partial charge in [0.2, 0.25) is 0 Å². The lowest BCUT2D eigenvalue weighted by Crippen LogP contribution is -2.08. The molecule has 0 fully saturated rings. The zero-order valence-corrected chi connectivity index (χ0v) is 18.0. The Balaban J connectivity index is 1.57. The SMILES string of the molecule is CN=C/C(=C(\N)c1ccc(OCc2nc3ccccc3cc2C(=O)O)cc1)c1ccncc1. The number of aliphatic imine (C=N–C) groups is 1. The van der Waals surface area contributed by atoms with E-state index >= 15 is 0 Å². The number of benzene rings is 2. The number of rotatable bonds is 7. The summed E-state index contributed by atoms with van der Waals surface area (Å²) in [4.78, 5) is 24.3. The lowest BCUT2D eigenvalue weighted by Gasteiger charge is -2.12. The summed E-state index contributed by atoms with van der Waals surface area (Å²) in [5.74, 6) is -0.464. The van der Waals surface area contributed by atoms with E-state index in [9.17, 15) is 9.90 Å². The van der Waals surface area contributed by atoms with Crippen LogP contribution in [-0.2, 0) is 6.61 Å². The van der Waals surface area contributed by atoms with Crippen molar-refractivity contribution in [2.75, 3.05) is 7.05 Å². The monoisotopic (exact) mass is 438 g/mol. The average Bonchev–Trinajstić information content (AvgIpc) is 2.86. The predicted molar refractivity (Wildman–Crippen MR) is 129 cm³/mol. The van der Waals surface area contributed by atoms with E-state index in [1.54, 1.807) is 43.9 Å². The van der Waals surface area contributed by atoms with Crippen LogP contribution in [0.25, 0.3) is 22.2 Å². The number of hydrogen-bond donors (Lipinski definition) is 2. The number of carbonyl (C=O) groups is 1. The molecule has 2 aromatic heterocycles. The molecule has 0 aliphatic rings. The summed E-state index contributed by atoms with van der Waals surface area (Å²) in [6.07, 6.45) is 5.12. The molecule has 0 spiro atoms. The van der Waals surface area contributed by atoms with E-state index in [2.05, 4.69) is 15.0 Å². The first-order valence-electron chi connectivity index (χ1n) is 10.2. The van der Waals surface area contributed by atoms with Crippen molar-refractivity contribution in [3.8, 4) is 5.75 Å². The van der Waals surface area contributed by atoms with Crippen LogP contribution in [0.3, 0.4) is 0 Å². The Labute approximate surface area is 190 Å². The van der Waals surface area contributed by atoms with Crippen molar-refractivity contribution in [1.29, 1.82) is 0 Å². The Kier molecular flexibility index (Phi) is 6.40. The Morgan fingerprint density at radius 2 is 1.79 bits per heavy atom. The van der Waals surface area contributed by atoms with Crippen molar-refractivity contribution >= 4 is 34.4 Å². The highest BCUT2D eigenvalue weighted by atomic mass is 16.5. The number of para-hydroxylation sites is 1. The van der Waals surface area contributed by atoms with Gasteiger partial charge in [0.25, 0.3) is 0 Å². The minimum absolute atomic E-state index is 0.0297. The van der Waals surface area contributed by atoms with Crippen molar-refractivity contribution in [2.24, 2.45) is 10.7 Å². The van der Waals surface area contributed by atoms with Crippen LogP contribution in [0.1, 0.15) is 27.2 Å². The Hall–Kier alpha value is -4.52. The van der Waals surface area contributed by atoms with Crippen LogP contribution in [0.4, 0.5) is 0 Å². The van der Waals surface area contributed by atoms with Gasteiger partial charge in [0.1, 0.15) is 12.4 Å². The van der Waals surface area contributed by atoms with Gasteiger partial charge in [-0.15, -0.1) is 0 Å². The number of ether oxygens (including phenoxy) is 1. The molecule has 0 unspecified atom stereocenters. The second-order valence-electron chi connectivity index (χ2n) is 7.24. The number of allylic oxidation sites excluding steroid dienone is 1. The van der Waals surface area contributed by atoms with Gasteiger partial charge < -0.3 is 15.6 Å². The highest BCUT2D eigenvalue weighted by Crippen LogP contribution is 2.24. The molecular formula is C26H22N4O3. The van der Waals surface area contributed by atoms with E-state index in [0.717, 1.165) is 27.6 Å². The first-order valence-corrected chi connectivity index (χ1v) is 10.2. The maximum absolute atomic E-state index is 11.7. The lowest BCUT2D eigenvalue weighted by molar-refractivity contribution is 0.0693. The molecule has 2 aromatic carbocycles. The predicted octanol–water partition coefficient (Wildman–Crippen LogP) is 4.43. The Bertz CT molecular complexity index is 1350. The summed E-state index contributed by atoms with van der Waals surface area (Å²) in [5, 5.41) is 10.3. The van der Waals surface area contributed by atoms with Crippen LogP contribution in [0.5, 0.6) is 5.75 Å². The average molecular weight is 438 g/mol. The van der Waals surface area contributed by atoms with Crippen LogP contribution >= 0.6 is 0 Å². The van der Waals surface area contributed by atoms with Crippen LogP contribution in [0, 0.1) is 0 Å². The quantitative estimate of drug-likeness (QED) is 0.413. The summed E-state index contributed by atoms with van der Waals surface area (Å²) < 4.78 is 5.84. The fourth-order valence-corrected chi connectivity index (χ4v) is 3.45. The van der Waals surface area contributed by atoms with Crippen molar-refractivity contribution in [1.82, 2.24) is 9.97 Å². The molecule has 0 saturated heterocycles. The topological polar surface area (TPSA) is 111 Å². The Morgan fingerprint density at radius 1 is 1.06 bits per heavy atom. The van der Waals surface area contributed by atoms with Crippen LogP contribution < -0.4 is 10.5 Å². The maximum Gasteiger partial charge on any atom is 0.337 e. The van der Waals surface area contributed by atoms with E-state index in [0.29, 0.717) is 17.1 Å². The number of aromatic carboxylic acids is 1. The number of hydrogen-bond acceptors (Lipinski definition) is 6. The molecule has 2 heterocycles. The molecule has 4 rings (SSSR count). The van der Waals surface area contributed by atoms with Crippen molar-refractivity contribution < 1.29 is 14.6 Å². The zero-order chi connectivity index (χ0) is 23.2. The molecule has 3 N–H and O–H groups in total. The number of aromatic nitrogens is 2. The highest BCUT2D eigenvalue weighted by Gasteiger charge is 2.14. The molecule has 33 heavy (non-hydrogen) atoms. The first kappa shape index (κ1) is 21.7. The normalized spacial score (nSPS) is 12.0. The number of nitrogens with zero attached hydrogens (tertiary/aromatic N) is 3. The lowest BCUT2D eigenvalue weighted by atomic mass is 10.0. The first-order chi connectivity index (χ1) is 16.1. The van der Waals surface area contributed by atoms with Gasteiger partial charge in [-0.3, -0.25) is 9.98 Å². The van der Waals surface area contributed by atoms with Crippen LogP contribution in [0.15, 0.2) is 84.1 Å². The molecule has 0 saturated carbocycles. The van der Waals surface area contributed by atoms with E-state index in [-0.39, 0.29) is 12.2 Å². The molecule has 0 amide bonds. The fraction of sp³-hybridized carbons (Fsp3) is 0.0769. The molecule has 7 heteroatoms. The zero-order valence-electron chi connectivity index (χ0n) is 18.0. The van der Waals surface area contributed by atoms with E-state index in [4.69, 9.17) is 10.5 Å². The molecule has 0 radical (unpaired) electrons. The number of pyridine rings is 2. The number of nitrogens with two attached hydrogens (primary N) is 1. The largest absolute Gasteiger partial charge is 0.487 e. The smallest absolute Gasteiger partial charge is 0.337 e. The molecular weight excluding hydrogens is 416 g/mol. The van der Waals surface area contributed by atoms with Gasteiger partial charge in [0.15, 0.2) is 0 Å². The summed E-state index contributed by atoms with van der Waals surface area (Å²) in [7, 11) is 1.69. The third-order valence-corrected chi connectivity index (χ3v) is 5.11. The van der Waals surface area contributed by atoms with Gasteiger partial charge >= 0.3 is 5.97 Å². The Morgan fingerprint density at radius 3 is 2.48 bits per heavy atom. The summed E-state index contributed by atoms with van der Waals surface area (Å²) in [5.41, 5.74) is 10.7. The second-order valence-corrected chi connectivity index (χ2v) is 7.24. The van der Waals surface area contributed by atoms with E-state index in [1.807, 2.05) is 48.5 Å². The highest BCUT2D eigenvalue weighted by molar-refractivity contribution is 6.18. The molecule has 0 bridgehead atoms. The molecule has 0 atom stereocenters. The number of fused-ring (bicyclic) bond motifs is 1. The van der Waals surface area contributed by atoms with Crippen molar-refractivity contribution in [3.05, 3.63) is 102 Å². The molecule has 7 nitrogen and oxygen atoms in total. The number of carboxylic acid groups (broad SMARTS) is 1. The summed E-state index contributed by atoms with van der Waals surface area (Å²) in [6.45, 7) is 0.0297. The van der Waals surface area contributed by atoms with Crippen LogP contribution in [-0.4, -0.2) is 34.3 Å². The third-order valence-electron chi connectivity index (χ3n) is 5.11. The van der Waals surface area contributed by atoms with E-state index in [1.165, 1.54) is 0 Å². The van der Waals surface area contributed by atoms with Crippen molar-refractivity contribution in [2.45, 2.75) is 6.61 Å². The second kappa shape index (κ2) is 9.74.